The minimum absolute atomic E-state index is 0.00285. The van der Waals surface area contributed by atoms with Crippen molar-refractivity contribution in [3.63, 3.8) is 0 Å². The van der Waals surface area contributed by atoms with Gasteiger partial charge in [-0.05, 0) is 24.3 Å². The lowest BCUT2D eigenvalue weighted by molar-refractivity contribution is -0.384. The van der Waals surface area contributed by atoms with Crippen molar-refractivity contribution < 1.29 is 14.8 Å². The second-order valence-electron chi connectivity index (χ2n) is 6.56. The van der Waals surface area contributed by atoms with Crippen molar-refractivity contribution in [2.45, 2.75) is 6.54 Å². The molecule has 0 aliphatic carbocycles. The first kappa shape index (κ1) is 20.5. The number of aromatic nitrogens is 1. The third-order valence-corrected chi connectivity index (χ3v) is 5.44. The predicted molar refractivity (Wildman–Crippen MR) is 120 cm³/mol. The van der Waals surface area contributed by atoms with Crippen LogP contribution in [-0.2, 0) is 6.54 Å². The molecule has 4 rings (SSSR count). The lowest BCUT2D eigenvalue weighted by atomic mass is 10.1. The van der Waals surface area contributed by atoms with E-state index in [2.05, 4.69) is 0 Å². The number of para-hydroxylation sites is 1. The van der Waals surface area contributed by atoms with Crippen molar-refractivity contribution in [1.29, 1.82) is 0 Å². The molecule has 31 heavy (non-hydrogen) atoms. The fraction of sp³-hybridized carbons (Fsp3) is 0.0870. The molecule has 0 radical (unpaired) electrons. The van der Waals surface area contributed by atoms with E-state index in [1.807, 2.05) is 65.2 Å². The van der Waals surface area contributed by atoms with Crippen molar-refractivity contribution in [3.05, 3.63) is 99.8 Å². The Hall–Kier alpha value is -3.75. The summed E-state index contributed by atoms with van der Waals surface area (Å²) in [5.74, 6) is 0.478. The van der Waals surface area contributed by atoms with E-state index < -0.39 is 4.92 Å². The van der Waals surface area contributed by atoms with E-state index >= 15 is 0 Å². The van der Waals surface area contributed by atoms with Gasteiger partial charge in [0.1, 0.15) is 11.4 Å². The number of thiazole rings is 1. The van der Waals surface area contributed by atoms with Crippen molar-refractivity contribution in [1.82, 2.24) is 4.57 Å². The molecule has 0 amide bonds. The highest BCUT2D eigenvalue weighted by Crippen LogP contribution is 2.36. The maximum Gasteiger partial charge on any atom is 0.269 e. The molecule has 0 aliphatic rings. The zero-order valence-corrected chi connectivity index (χ0v) is 17.2. The average molecular weight is 433 g/mol. The predicted octanol–water partition coefficient (Wildman–Crippen LogP) is 5.14. The number of rotatable bonds is 7. The molecule has 0 bridgehead atoms. The number of nitro benzene ring substituents is 1. The van der Waals surface area contributed by atoms with Crippen molar-refractivity contribution in [3.8, 4) is 22.1 Å². The number of benzene rings is 3. The van der Waals surface area contributed by atoms with Gasteiger partial charge in [0.25, 0.3) is 5.69 Å². The van der Waals surface area contributed by atoms with Crippen LogP contribution in [0.2, 0.25) is 0 Å². The second kappa shape index (κ2) is 9.38. The van der Waals surface area contributed by atoms with E-state index in [1.165, 1.54) is 23.5 Å². The van der Waals surface area contributed by atoms with Gasteiger partial charge < -0.3 is 14.4 Å². The minimum atomic E-state index is -0.448. The summed E-state index contributed by atoms with van der Waals surface area (Å²) in [7, 11) is 0. The molecule has 1 aromatic heterocycles. The molecule has 1 heterocycles. The van der Waals surface area contributed by atoms with Crippen LogP contribution in [0, 0.1) is 10.1 Å². The Labute approximate surface area is 182 Å². The minimum Gasteiger partial charge on any atom is -0.444 e. The van der Waals surface area contributed by atoms with Gasteiger partial charge in [0.05, 0.1) is 17.2 Å². The number of ether oxygens (including phenoxy) is 1. The van der Waals surface area contributed by atoms with E-state index in [9.17, 15) is 15.2 Å². The molecule has 7 nitrogen and oxygen atoms in total. The fourth-order valence-electron chi connectivity index (χ4n) is 3.08. The first-order chi connectivity index (χ1) is 15.2. The summed E-state index contributed by atoms with van der Waals surface area (Å²) in [4.78, 5) is 15.9. The van der Waals surface area contributed by atoms with E-state index in [0.29, 0.717) is 22.2 Å². The normalized spacial score (nSPS) is 11.5. The van der Waals surface area contributed by atoms with Crippen LogP contribution in [0.1, 0.15) is 0 Å². The molecule has 0 spiro atoms. The van der Waals surface area contributed by atoms with E-state index in [4.69, 9.17) is 9.73 Å². The number of nitro groups is 1. The summed E-state index contributed by atoms with van der Waals surface area (Å²) in [5.41, 5.74) is 2.49. The Morgan fingerprint density at radius 3 is 2.23 bits per heavy atom. The summed E-state index contributed by atoms with van der Waals surface area (Å²) in [6.45, 7) is 0.283. The molecule has 0 fully saturated rings. The molecule has 4 aromatic rings. The Kier molecular flexibility index (Phi) is 6.21. The maximum absolute atomic E-state index is 10.9. The van der Waals surface area contributed by atoms with Gasteiger partial charge in [0, 0.05) is 24.2 Å². The Balaban J connectivity index is 1.85. The van der Waals surface area contributed by atoms with Gasteiger partial charge in [-0.2, -0.15) is 0 Å². The molecule has 0 unspecified atom stereocenters. The number of nitrogens with zero attached hydrogens (tertiary/aromatic N) is 3. The number of aliphatic hydroxyl groups excluding tert-OH is 1. The third kappa shape index (κ3) is 4.71. The molecule has 156 valence electrons. The van der Waals surface area contributed by atoms with Gasteiger partial charge >= 0.3 is 0 Å². The smallest absolute Gasteiger partial charge is 0.269 e. The third-order valence-electron chi connectivity index (χ3n) is 4.49. The molecule has 3 aromatic carbocycles. The first-order valence-corrected chi connectivity index (χ1v) is 10.4. The SMILES string of the molecule is O=[N+]([O-])c1ccc(Oc2sc(=Nc3ccccc3)n(CCO)c2-c2ccccc2)cc1. The van der Waals surface area contributed by atoms with E-state index in [-0.39, 0.29) is 12.3 Å². The summed E-state index contributed by atoms with van der Waals surface area (Å²) in [6, 6.07) is 25.2. The number of aliphatic hydroxyl groups is 1. The average Bonchev–Trinajstić information content (AvgIpc) is 3.12. The largest absolute Gasteiger partial charge is 0.444 e. The molecule has 0 aliphatic heterocycles. The number of non-ortho nitro benzene ring substituents is 1. The zero-order chi connectivity index (χ0) is 21.6. The van der Waals surface area contributed by atoms with Crippen LogP contribution >= 0.6 is 11.3 Å². The van der Waals surface area contributed by atoms with E-state index in [1.54, 1.807) is 12.1 Å². The zero-order valence-electron chi connectivity index (χ0n) is 16.4. The number of hydrogen-bond acceptors (Lipinski definition) is 6. The lowest BCUT2D eigenvalue weighted by Crippen LogP contribution is -2.17. The van der Waals surface area contributed by atoms with Crippen LogP contribution in [0.3, 0.4) is 0 Å². The van der Waals surface area contributed by atoms with Crippen molar-refractivity contribution >= 4 is 22.7 Å². The molecule has 8 heteroatoms. The van der Waals surface area contributed by atoms with Crippen LogP contribution in [0.25, 0.3) is 11.3 Å². The molecule has 1 N–H and O–H groups in total. The molecule has 0 atom stereocenters. The van der Waals surface area contributed by atoms with Gasteiger partial charge in [-0.3, -0.25) is 10.1 Å². The monoisotopic (exact) mass is 433 g/mol. The van der Waals surface area contributed by atoms with Crippen LogP contribution in [0.5, 0.6) is 10.8 Å². The molecular weight excluding hydrogens is 414 g/mol. The van der Waals surface area contributed by atoms with Crippen molar-refractivity contribution in [2.24, 2.45) is 4.99 Å². The summed E-state index contributed by atoms with van der Waals surface area (Å²) in [5, 5.41) is 21.2. The highest BCUT2D eigenvalue weighted by molar-refractivity contribution is 7.11. The molecular formula is C23H19N3O4S. The van der Waals surface area contributed by atoms with Gasteiger partial charge in [0.15, 0.2) is 4.80 Å². The Bertz CT molecular complexity index is 1230. The van der Waals surface area contributed by atoms with Crippen LogP contribution in [0.15, 0.2) is 89.9 Å². The van der Waals surface area contributed by atoms with Crippen molar-refractivity contribution in [2.75, 3.05) is 6.61 Å². The first-order valence-electron chi connectivity index (χ1n) is 9.57. The van der Waals surface area contributed by atoms with Crippen LogP contribution in [-0.4, -0.2) is 21.2 Å². The lowest BCUT2D eigenvalue weighted by Gasteiger charge is -2.10. The van der Waals surface area contributed by atoms with Gasteiger partial charge in [-0.25, -0.2) is 4.99 Å². The van der Waals surface area contributed by atoms with Crippen LogP contribution < -0.4 is 9.54 Å². The Morgan fingerprint density at radius 1 is 0.968 bits per heavy atom. The molecule has 0 saturated heterocycles. The van der Waals surface area contributed by atoms with Gasteiger partial charge in [-0.15, -0.1) is 0 Å². The second-order valence-corrected chi connectivity index (χ2v) is 7.50. The van der Waals surface area contributed by atoms with Crippen LogP contribution in [0.4, 0.5) is 11.4 Å². The van der Waals surface area contributed by atoms with Gasteiger partial charge in [-0.1, -0.05) is 59.9 Å². The van der Waals surface area contributed by atoms with Gasteiger partial charge in [0.2, 0.25) is 5.06 Å². The Morgan fingerprint density at radius 2 is 1.61 bits per heavy atom. The topological polar surface area (TPSA) is 89.9 Å². The maximum atomic E-state index is 10.9. The number of hydrogen-bond donors (Lipinski definition) is 1. The quantitative estimate of drug-likeness (QED) is 0.323. The van der Waals surface area contributed by atoms with E-state index in [0.717, 1.165) is 16.9 Å². The summed E-state index contributed by atoms with van der Waals surface area (Å²) >= 11 is 1.35. The standard InChI is InChI=1S/C23H19N3O4S/c27-16-15-25-21(17-7-3-1-4-8-17)22(30-20-13-11-19(12-14-20)26(28)29)31-23(25)24-18-9-5-2-6-10-18/h1-14,27H,15-16H2. The highest BCUT2D eigenvalue weighted by atomic mass is 32.1. The summed E-state index contributed by atoms with van der Waals surface area (Å²) in [6.07, 6.45) is 0. The fourth-order valence-corrected chi connectivity index (χ4v) is 4.15. The molecule has 0 saturated carbocycles. The highest BCUT2D eigenvalue weighted by Gasteiger charge is 2.18. The summed E-state index contributed by atoms with van der Waals surface area (Å²) < 4.78 is 8.06.